The molecule has 1 fully saturated rings. The van der Waals surface area contributed by atoms with Crippen LogP contribution in [0.25, 0.3) is 0 Å². The van der Waals surface area contributed by atoms with Crippen LogP contribution in [0.2, 0.25) is 5.02 Å². The molecular weight excluding hydrogens is 415 g/mol. The number of nitrogens with zero attached hydrogens (tertiary/aromatic N) is 3. The lowest BCUT2D eigenvalue weighted by Gasteiger charge is -2.33. The third kappa shape index (κ3) is 3.48. The number of aliphatic imine (C=N–C) groups is 1. The fraction of sp³-hybridized carbons (Fsp3) is 0.400. The van der Waals surface area contributed by atoms with Crippen molar-refractivity contribution in [3.8, 4) is 5.88 Å². The Morgan fingerprint density at radius 3 is 2.86 bits per heavy atom. The van der Waals surface area contributed by atoms with E-state index in [0.29, 0.717) is 39.3 Å². The van der Waals surface area contributed by atoms with Crippen molar-refractivity contribution in [2.75, 3.05) is 13.8 Å². The second-order valence-corrected chi connectivity index (χ2v) is 9.39. The molecular formula is C20H20ClFN4O2S. The Labute approximate surface area is 177 Å². The predicted molar refractivity (Wildman–Crippen MR) is 111 cm³/mol. The first kappa shape index (κ1) is 20.1. The smallest absolute Gasteiger partial charge is 0.218 e. The first-order chi connectivity index (χ1) is 13.8. The summed E-state index contributed by atoms with van der Waals surface area (Å²) in [6.45, 7) is 1.46. The fourth-order valence-corrected chi connectivity index (χ4v) is 5.45. The minimum Gasteiger partial charge on any atom is -0.481 e. The Balaban J connectivity index is 1.68. The van der Waals surface area contributed by atoms with Crippen molar-refractivity contribution in [2.24, 2.45) is 16.6 Å². The van der Waals surface area contributed by atoms with Gasteiger partial charge in [0.15, 0.2) is 11.0 Å². The summed E-state index contributed by atoms with van der Waals surface area (Å²) >= 11 is 7.14. The number of ether oxygens (including phenoxy) is 1. The van der Waals surface area contributed by atoms with Gasteiger partial charge in [-0.3, -0.25) is 14.8 Å². The van der Waals surface area contributed by atoms with E-state index in [1.165, 1.54) is 25.1 Å². The van der Waals surface area contributed by atoms with Gasteiger partial charge in [0.05, 0.1) is 22.4 Å². The molecule has 1 aliphatic heterocycles. The van der Waals surface area contributed by atoms with Crippen molar-refractivity contribution in [3.05, 3.63) is 52.4 Å². The molecule has 2 N–H and O–H groups in total. The second-order valence-electron chi connectivity index (χ2n) is 7.52. The molecule has 0 amide bonds. The maximum absolute atomic E-state index is 13.7. The third-order valence-corrected chi connectivity index (χ3v) is 7.09. The maximum atomic E-state index is 13.7. The van der Waals surface area contributed by atoms with Gasteiger partial charge >= 0.3 is 0 Å². The van der Waals surface area contributed by atoms with Crippen LogP contribution in [0.1, 0.15) is 35.0 Å². The van der Waals surface area contributed by atoms with Crippen molar-refractivity contribution < 1.29 is 13.9 Å². The SMILES string of the molecule is COc1ncc(CC(=O)c2ccc(Cl)cn2)cc1[C@@]1(C)N=C(N)S[C@@]2(CF)C[C@H]21. The highest BCUT2D eigenvalue weighted by atomic mass is 35.5. The van der Waals surface area contributed by atoms with Gasteiger partial charge < -0.3 is 10.5 Å². The molecule has 2 aromatic rings. The zero-order chi connectivity index (χ0) is 20.8. The lowest BCUT2D eigenvalue weighted by Crippen LogP contribution is -2.36. The number of rotatable bonds is 6. The zero-order valence-corrected chi connectivity index (χ0v) is 17.6. The van der Waals surface area contributed by atoms with E-state index in [2.05, 4.69) is 15.0 Å². The van der Waals surface area contributed by atoms with Crippen LogP contribution in [-0.2, 0) is 12.0 Å². The summed E-state index contributed by atoms with van der Waals surface area (Å²) in [5.41, 5.74) is 7.00. The van der Waals surface area contributed by atoms with Gasteiger partial charge in [-0.15, -0.1) is 0 Å². The molecule has 0 radical (unpaired) electrons. The Kier molecular flexibility index (Phi) is 5.02. The quantitative estimate of drug-likeness (QED) is 0.699. The largest absolute Gasteiger partial charge is 0.481 e. The third-order valence-electron chi connectivity index (χ3n) is 5.60. The van der Waals surface area contributed by atoms with Crippen LogP contribution in [0.4, 0.5) is 4.39 Å². The van der Waals surface area contributed by atoms with E-state index >= 15 is 0 Å². The van der Waals surface area contributed by atoms with E-state index < -0.39 is 17.0 Å². The van der Waals surface area contributed by atoms with E-state index in [1.54, 1.807) is 18.3 Å². The highest BCUT2D eigenvalue weighted by Gasteiger charge is 2.67. The number of carbonyl (C=O) groups is 1. The van der Waals surface area contributed by atoms with E-state index in [4.69, 9.17) is 22.1 Å². The number of fused-ring (bicyclic) bond motifs is 1. The number of pyridine rings is 2. The lowest BCUT2D eigenvalue weighted by atomic mass is 9.85. The van der Waals surface area contributed by atoms with Crippen molar-refractivity contribution in [1.82, 2.24) is 9.97 Å². The lowest BCUT2D eigenvalue weighted by molar-refractivity contribution is 0.0988. The minimum absolute atomic E-state index is 0.0168. The molecule has 2 aliphatic rings. The summed E-state index contributed by atoms with van der Waals surface area (Å²) in [6.07, 6.45) is 3.82. The first-order valence-electron chi connectivity index (χ1n) is 9.10. The van der Waals surface area contributed by atoms with Crippen LogP contribution in [0, 0.1) is 5.92 Å². The molecule has 152 valence electrons. The molecule has 0 unspecified atom stereocenters. The fourth-order valence-electron chi connectivity index (χ4n) is 4.01. The summed E-state index contributed by atoms with van der Waals surface area (Å²) in [5.74, 6) is 0.227. The van der Waals surface area contributed by atoms with Crippen molar-refractivity contribution in [2.45, 2.75) is 30.1 Å². The van der Waals surface area contributed by atoms with Gasteiger partial charge in [-0.2, -0.15) is 0 Å². The number of hydrogen-bond donors (Lipinski definition) is 1. The number of thioether (sulfide) groups is 1. The Morgan fingerprint density at radius 1 is 1.41 bits per heavy atom. The molecule has 29 heavy (non-hydrogen) atoms. The summed E-state index contributed by atoms with van der Waals surface area (Å²) in [7, 11) is 1.53. The predicted octanol–water partition coefficient (Wildman–Crippen LogP) is 3.57. The highest BCUT2D eigenvalue weighted by molar-refractivity contribution is 8.15. The molecule has 0 saturated heterocycles. The second kappa shape index (κ2) is 7.25. The molecule has 2 aromatic heterocycles. The molecule has 6 nitrogen and oxygen atoms in total. The Hall–Kier alpha value is -2.19. The van der Waals surface area contributed by atoms with Crippen molar-refractivity contribution >= 4 is 34.3 Å². The van der Waals surface area contributed by atoms with E-state index in [0.717, 1.165) is 0 Å². The summed E-state index contributed by atoms with van der Waals surface area (Å²) in [4.78, 5) is 25.7. The van der Waals surface area contributed by atoms with Crippen LogP contribution in [0.3, 0.4) is 0 Å². The minimum atomic E-state index is -0.767. The van der Waals surface area contributed by atoms with Gasteiger partial charge in [0.25, 0.3) is 0 Å². The highest BCUT2D eigenvalue weighted by Crippen LogP contribution is 2.66. The summed E-state index contributed by atoms with van der Waals surface area (Å²) in [5, 5.41) is 0.821. The molecule has 3 heterocycles. The van der Waals surface area contributed by atoms with Crippen molar-refractivity contribution in [3.63, 3.8) is 0 Å². The standard InChI is InChI=1S/C20H20ClFN4O2S/c1-19(16-7-20(16,10-22)29-18(23)26-19)13-5-11(8-25-17(13)28-2)6-15(27)14-4-3-12(21)9-24-14/h3-5,8-9,16H,6-7,10H2,1-2H3,(H2,23,26)/t16-,19+,20+/m0/s1. The molecule has 1 aliphatic carbocycles. The molecule has 3 atom stereocenters. The number of methoxy groups -OCH3 is 1. The maximum Gasteiger partial charge on any atom is 0.218 e. The van der Waals surface area contributed by atoms with Crippen LogP contribution < -0.4 is 10.5 Å². The Bertz CT molecular complexity index is 1000. The van der Waals surface area contributed by atoms with Gasteiger partial charge in [-0.1, -0.05) is 23.4 Å². The van der Waals surface area contributed by atoms with Gasteiger partial charge in [-0.05, 0) is 37.1 Å². The number of Topliss-reactive ketones (excluding diaryl/α,β-unsaturated/α-hetero) is 1. The molecule has 0 spiro atoms. The number of hydrogen-bond acceptors (Lipinski definition) is 7. The summed E-state index contributed by atoms with van der Waals surface area (Å²) in [6, 6.07) is 5.07. The van der Waals surface area contributed by atoms with Crippen LogP contribution in [0.15, 0.2) is 35.6 Å². The number of ketones is 1. The monoisotopic (exact) mass is 434 g/mol. The Morgan fingerprint density at radius 2 is 2.21 bits per heavy atom. The molecule has 9 heteroatoms. The molecule has 0 bridgehead atoms. The molecule has 1 saturated carbocycles. The number of carbonyl (C=O) groups excluding carboxylic acids is 1. The molecule has 0 aromatic carbocycles. The van der Waals surface area contributed by atoms with Gasteiger partial charge in [0, 0.05) is 30.3 Å². The van der Waals surface area contributed by atoms with E-state index in [1.807, 2.05) is 13.0 Å². The number of amidine groups is 1. The van der Waals surface area contributed by atoms with Gasteiger partial charge in [0.2, 0.25) is 5.88 Å². The van der Waals surface area contributed by atoms with E-state index in [-0.39, 0.29) is 18.1 Å². The zero-order valence-electron chi connectivity index (χ0n) is 16.0. The molecule has 4 rings (SSSR count). The van der Waals surface area contributed by atoms with Crippen LogP contribution in [-0.4, -0.2) is 39.5 Å². The number of aromatic nitrogens is 2. The van der Waals surface area contributed by atoms with Crippen LogP contribution >= 0.6 is 23.4 Å². The first-order valence-corrected chi connectivity index (χ1v) is 10.3. The number of nitrogens with two attached hydrogens (primary N) is 1. The number of halogens is 2. The number of alkyl halides is 1. The topological polar surface area (TPSA) is 90.5 Å². The van der Waals surface area contributed by atoms with E-state index in [9.17, 15) is 9.18 Å². The van der Waals surface area contributed by atoms with Gasteiger partial charge in [-0.25, -0.2) is 9.37 Å². The average molecular weight is 435 g/mol. The average Bonchev–Trinajstić information content (AvgIpc) is 3.44. The van der Waals surface area contributed by atoms with Gasteiger partial charge in [0.1, 0.15) is 12.4 Å². The summed E-state index contributed by atoms with van der Waals surface area (Å²) < 4.78 is 18.7. The normalized spacial score (nSPS) is 27.7. The van der Waals surface area contributed by atoms with Crippen molar-refractivity contribution in [1.29, 1.82) is 0 Å². The van der Waals surface area contributed by atoms with Crippen LogP contribution in [0.5, 0.6) is 5.88 Å².